The molecule has 5 heteroatoms. The molecule has 142 valence electrons. The Hall–Kier alpha value is -3.39. The predicted molar refractivity (Wildman–Crippen MR) is 112 cm³/mol. The lowest BCUT2D eigenvalue weighted by atomic mass is 9.98. The van der Waals surface area contributed by atoms with Crippen molar-refractivity contribution in [3.63, 3.8) is 0 Å². The Morgan fingerprint density at radius 2 is 1.82 bits per heavy atom. The number of rotatable bonds is 4. The molecule has 0 unspecified atom stereocenters. The standard InChI is InChI=1S/C23H23N3O2/c1-5-26-21-11-10-18(12-20(21)19(15(2)3)13-22(26)27)25(4)23(28)17-8-6-16(14-24)7-9-17/h6-13,15H,5H2,1-4H3. The van der Waals surface area contributed by atoms with Gasteiger partial charge >= 0.3 is 0 Å². The van der Waals surface area contributed by atoms with E-state index in [1.807, 2.05) is 25.1 Å². The van der Waals surface area contributed by atoms with Gasteiger partial charge in [0.25, 0.3) is 11.5 Å². The minimum atomic E-state index is -0.154. The maximum atomic E-state index is 12.9. The number of fused-ring (bicyclic) bond motifs is 1. The molecule has 0 radical (unpaired) electrons. The fourth-order valence-electron chi connectivity index (χ4n) is 3.41. The molecule has 28 heavy (non-hydrogen) atoms. The van der Waals surface area contributed by atoms with Gasteiger partial charge in [-0.25, -0.2) is 0 Å². The minimum Gasteiger partial charge on any atom is -0.311 e. The molecule has 2 aromatic carbocycles. The van der Waals surface area contributed by atoms with Crippen molar-refractivity contribution in [3.8, 4) is 6.07 Å². The molecular weight excluding hydrogens is 350 g/mol. The third-order valence-corrected chi connectivity index (χ3v) is 5.02. The fourth-order valence-corrected chi connectivity index (χ4v) is 3.41. The van der Waals surface area contributed by atoms with Crippen molar-refractivity contribution in [2.24, 2.45) is 0 Å². The average molecular weight is 373 g/mol. The molecule has 1 aromatic heterocycles. The fraction of sp³-hybridized carbons (Fsp3) is 0.261. The largest absolute Gasteiger partial charge is 0.311 e. The van der Waals surface area contributed by atoms with Gasteiger partial charge in [-0.05, 0) is 60.9 Å². The van der Waals surface area contributed by atoms with Gasteiger partial charge in [-0.15, -0.1) is 0 Å². The SMILES string of the molecule is CCn1c(=O)cc(C(C)C)c2cc(N(C)C(=O)c3ccc(C#N)cc3)ccc21. The summed E-state index contributed by atoms with van der Waals surface area (Å²) >= 11 is 0. The number of carbonyl (C=O) groups excluding carboxylic acids is 1. The van der Waals surface area contributed by atoms with Crippen molar-refractivity contribution < 1.29 is 4.79 Å². The summed E-state index contributed by atoms with van der Waals surface area (Å²) in [5.74, 6) is 0.0373. The van der Waals surface area contributed by atoms with Crippen molar-refractivity contribution in [1.82, 2.24) is 4.57 Å². The van der Waals surface area contributed by atoms with E-state index in [4.69, 9.17) is 5.26 Å². The summed E-state index contributed by atoms with van der Waals surface area (Å²) in [7, 11) is 1.73. The highest BCUT2D eigenvalue weighted by molar-refractivity contribution is 6.06. The molecule has 3 aromatic rings. The van der Waals surface area contributed by atoms with Crippen LogP contribution >= 0.6 is 0 Å². The molecule has 3 rings (SSSR count). The molecular formula is C23H23N3O2. The molecule has 0 saturated heterocycles. The van der Waals surface area contributed by atoms with Crippen LogP contribution in [0, 0.1) is 11.3 Å². The van der Waals surface area contributed by atoms with E-state index in [-0.39, 0.29) is 17.4 Å². The summed E-state index contributed by atoms with van der Waals surface area (Å²) in [5, 5.41) is 9.90. The van der Waals surface area contributed by atoms with Crippen LogP contribution in [0.2, 0.25) is 0 Å². The molecule has 0 atom stereocenters. The van der Waals surface area contributed by atoms with Crippen LogP contribution < -0.4 is 10.5 Å². The van der Waals surface area contributed by atoms with E-state index in [0.29, 0.717) is 17.7 Å². The number of amides is 1. The van der Waals surface area contributed by atoms with Crippen LogP contribution in [0.1, 0.15) is 48.2 Å². The Morgan fingerprint density at radius 1 is 1.14 bits per heavy atom. The summed E-state index contributed by atoms with van der Waals surface area (Å²) in [4.78, 5) is 26.9. The quantitative estimate of drug-likeness (QED) is 0.685. The van der Waals surface area contributed by atoms with Gasteiger partial charge in [0, 0.05) is 36.3 Å². The number of aromatic nitrogens is 1. The molecule has 0 spiro atoms. The summed E-state index contributed by atoms with van der Waals surface area (Å²) in [5.41, 5.74) is 3.64. The van der Waals surface area contributed by atoms with E-state index in [1.165, 1.54) is 0 Å². The number of hydrogen-bond donors (Lipinski definition) is 0. The average Bonchev–Trinajstić information content (AvgIpc) is 2.71. The van der Waals surface area contributed by atoms with E-state index in [0.717, 1.165) is 22.2 Å². The molecule has 5 nitrogen and oxygen atoms in total. The molecule has 1 amide bonds. The summed E-state index contributed by atoms with van der Waals surface area (Å²) in [6, 6.07) is 16.1. The molecule has 0 N–H and O–H groups in total. The topological polar surface area (TPSA) is 66.1 Å². The number of carbonyl (C=O) groups is 1. The first-order chi connectivity index (χ1) is 13.4. The third-order valence-electron chi connectivity index (χ3n) is 5.02. The number of benzene rings is 2. The number of hydrogen-bond acceptors (Lipinski definition) is 3. The molecule has 0 bridgehead atoms. The first-order valence-electron chi connectivity index (χ1n) is 9.33. The van der Waals surface area contributed by atoms with Gasteiger partial charge in [0.15, 0.2) is 0 Å². The Morgan fingerprint density at radius 3 is 2.39 bits per heavy atom. The normalized spacial score (nSPS) is 10.9. The molecule has 0 aliphatic carbocycles. The second kappa shape index (κ2) is 7.69. The van der Waals surface area contributed by atoms with E-state index in [2.05, 4.69) is 19.9 Å². The maximum Gasteiger partial charge on any atom is 0.258 e. The van der Waals surface area contributed by atoms with Gasteiger partial charge in [-0.1, -0.05) is 13.8 Å². The van der Waals surface area contributed by atoms with Crippen molar-refractivity contribution in [1.29, 1.82) is 5.26 Å². The van der Waals surface area contributed by atoms with Crippen LogP contribution in [0.3, 0.4) is 0 Å². The first-order valence-corrected chi connectivity index (χ1v) is 9.33. The monoisotopic (exact) mass is 373 g/mol. The third kappa shape index (κ3) is 3.41. The molecule has 1 heterocycles. The van der Waals surface area contributed by atoms with Crippen molar-refractivity contribution in [2.75, 3.05) is 11.9 Å². The minimum absolute atomic E-state index is 0.00605. The lowest BCUT2D eigenvalue weighted by molar-refractivity contribution is 0.0993. The van der Waals surface area contributed by atoms with Crippen LogP contribution in [-0.2, 0) is 6.54 Å². The lowest BCUT2D eigenvalue weighted by Crippen LogP contribution is -2.26. The zero-order chi connectivity index (χ0) is 20.4. The molecule has 0 fully saturated rings. The Bertz CT molecular complexity index is 1140. The Balaban J connectivity index is 2.09. The van der Waals surface area contributed by atoms with Crippen molar-refractivity contribution >= 4 is 22.5 Å². The van der Waals surface area contributed by atoms with Crippen molar-refractivity contribution in [3.05, 3.63) is 75.6 Å². The van der Waals surface area contributed by atoms with E-state index < -0.39 is 0 Å². The lowest BCUT2D eigenvalue weighted by Gasteiger charge is -2.20. The van der Waals surface area contributed by atoms with E-state index in [9.17, 15) is 9.59 Å². The number of nitriles is 1. The van der Waals surface area contributed by atoms with Crippen LogP contribution in [0.5, 0.6) is 0 Å². The second-order valence-electron chi connectivity index (χ2n) is 7.09. The maximum absolute atomic E-state index is 12.9. The van der Waals surface area contributed by atoms with Crippen LogP contribution in [0.4, 0.5) is 5.69 Å². The predicted octanol–water partition coefficient (Wildman–Crippen LogP) is 4.29. The van der Waals surface area contributed by atoms with Gasteiger partial charge in [-0.3, -0.25) is 9.59 Å². The van der Waals surface area contributed by atoms with Gasteiger partial charge in [0.2, 0.25) is 0 Å². The van der Waals surface area contributed by atoms with Crippen molar-refractivity contribution in [2.45, 2.75) is 33.2 Å². The summed E-state index contributed by atoms with van der Waals surface area (Å²) < 4.78 is 1.74. The highest BCUT2D eigenvalue weighted by Gasteiger charge is 2.17. The first kappa shape index (κ1) is 19.4. The van der Waals surface area contributed by atoms with E-state index >= 15 is 0 Å². The highest BCUT2D eigenvalue weighted by atomic mass is 16.2. The number of anilines is 1. The van der Waals surface area contributed by atoms with Crippen LogP contribution in [0.25, 0.3) is 10.9 Å². The second-order valence-corrected chi connectivity index (χ2v) is 7.09. The number of aryl methyl sites for hydroxylation is 1. The molecule has 0 aliphatic rings. The van der Waals surface area contributed by atoms with Gasteiger partial charge in [-0.2, -0.15) is 5.26 Å². The van der Waals surface area contributed by atoms with Gasteiger partial charge < -0.3 is 9.47 Å². The number of pyridine rings is 1. The highest BCUT2D eigenvalue weighted by Crippen LogP contribution is 2.28. The summed E-state index contributed by atoms with van der Waals surface area (Å²) in [6.07, 6.45) is 0. The zero-order valence-electron chi connectivity index (χ0n) is 16.6. The van der Waals surface area contributed by atoms with E-state index in [1.54, 1.807) is 46.8 Å². The number of nitrogens with zero attached hydrogens (tertiary/aromatic N) is 3. The van der Waals surface area contributed by atoms with Gasteiger partial charge in [0.05, 0.1) is 17.1 Å². The Kier molecular flexibility index (Phi) is 5.32. The summed E-state index contributed by atoms with van der Waals surface area (Å²) in [6.45, 7) is 6.66. The van der Waals surface area contributed by atoms with Crippen LogP contribution in [-0.4, -0.2) is 17.5 Å². The smallest absolute Gasteiger partial charge is 0.258 e. The zero-order valence-corrected chi connectivity index (χ0v) is 16.6. The molecule has 0 saturated carbocycles. The van der Waals surface area contributed by atoms with Crippen LogP contribution in [0.15, 0.2) is 53.3 Å². The Labute approximate surface area is 164 Å². The van der Waals surface area contributed by atoms with Gasteiger partial charge in [0.1, 0.15) is 0 Å². The molecule has 0 aliphatic heterocycles.